The van der Waals surface area contributed by atoms with Gasteiger partial charge in [-0.1, -0.05) is 23.8 Å². The lowest BCUT2D eigenvalue weighted by Crippen LogP contribution is -2.19. The van der Waals surface area contributed by atoms with E-state index in [2.05, 4.69) is 37.4 Å². The van der Waals surface area contributed by atoms with E-state index in [1.165, 1.54) is 22.3 Å². The molecule has 0 aliphatic heterocycles. The van der Waals surface area contributed by atoms with Crippen molar-refractivity contribution in [1.29, 1.82) is 0 Å². The maximum absolute atomic E-state index is 5.40. The van der Waals surface area contributed by atoms with Gasteiger partial charge in [-0.2, -0.15) is 0 Å². The molecule has 2 aromatic rings. The molecule has 1 atom stereocenters. The van der Waals surface area contributed by atoms with Gasteiger partial charge in [0.15, 0.2) is 0 Å². The molecule has 0 aliphatic rings. The fraction of sp³-hybridized carbons (Fsp3) is 0.333. The quantitative estimate of drug-likeness (QED) is 0.871. The van der Waals surface area contributed by atoms with Crippen LogP contribution in [0.4, 0.5) is 0 Å². The van der Waals surface area contributed by atoms with Crippen molar-refractivity contribution in [3.63, 3.8) is 0 Å². The van der Waals surface area contributed by atoms with Gasteiger partial charge in [-0.25, -0.2) is 0 Å². The SMILES string of the molecule is CNC(c1cc(C)ccc1C)c1ccoc1C. The average Bonchev–Trinajstić information content (AvgIpc) is 2.71. The number of hydrogen-bond donors (Lipinski definition) is 1. The molecule has 0 bridgehead atoms. The monoisotopic (exact) mass is 229 g/mol. The van der Waals surface area contributed by atoms with Crippen LogP contribution in [0.5, 0.6) is 0 Å². The van der Waals surface area contributed by atoms with Crippen LogP contribution in [0, 0.1) is 20.8 Å². The van der Waals surface area contributed by atoms with Crippen LogP contribution >= 0.6 is 0 Å². The maximum atomic E-state index is 5.40. The molecule has 1 aromatic heterocycles. The van der Waals surface area contributed by atoms with Crippen molar-refractivity contribution in [3.8, 4) is 0 Å². The molecule has 0 fully saturated rings. The normalized spacial score (nSPS) is 12.7. The molecule has 0 spiro atoms. The lowest BCUT2D eigenvalue weighted by atomic mass is 9.94. The third-order valence-electron chi connectivity index (χ3n) is 3.24. The van der Waals surface area contributed by atoms with Gasteiger partial charge in [0.2, 0.25) is 0 Å². The first-order valence-corrected chi connectivity index (χ1v) is 5.92. The molecule has 0 aliphatic carbocycles. The summed E-state index contributed by atoms with van der Waals surface area (Å²) in [7, 11) is 1.98. The van der Waals surface area contributed by atoms with Crippen molar-refractivity contribution in [2.45, 2.75) is 26.8 Å². The van der Waals surface area contributed by atoms with E-state index in [-0.39, 0.29) is 6.04 Å². The Hall–Kier alpha value is -1.54. The van der Waals surface area contributed by atoms with Gasteiger partial charge in [-0.05, 0) is 45.0 Å². The molecule has 2 heteroatoms. The number of aryl methyl sites for hydroxylation is 3. The zero-order valence-corrected chi connectivity index (χ0v) is 10.9. The van der Waals surface area contributed by atoms with Gasteiger partial charge in [0, 0.05) is 5.56 Å². The molecule has 0 saturated carbocycles. The molecule has 1 heterocycles. The topological polar surface area (TPSA) is 25.2 Å². The van der Waals surface area contributed by atoms with Crippen molar-refractivity contribution < 1.29 is 4.42 Å². The number of rotatable bonds is 3. The Balaban J connectivity index is 2.49. The fourth-order valence-corrected chi connectivity index (χ4v) is 2.24. The number of furan rings is 1. The second kappa shape index (κ2) is 4.76. The maximum Gasteiger partial charge on any atom is 0.105 e. The van der Waals surface area contributed by atoms with E-state index in [9.17, 15) is 0 Å². The summed E-state index contributed by atoms with van der Waals surface area (Å²) in [6.07, 6.45) is 1.75. The molecule has 1 unspecified atom stereocenters. The molecule has 1 aromatic carbocycles. The van der Waals surface area contributed by atoms with E-state index >= 15 is 0 Å². The van der Waals surface area contributed by atoms with Gasteiger partial charge >= 0.3 is 0 Å². The van der Waals surface area contributed by atoms with E-state index < -0.39 is 0 Å². The smallest absolute Gasteiger partial charge is 0.105 e. The summed E-state index contributed by atoms with van der Waals surface area (Å²) in [6, 6.07) is 8.80. The molecular formula is C15H19NO. The summed E-state index contributed by atoms with van der Waals surface area (Å²) in [4.78, 5) is 0. The Morgan fingerprint density at radius 3 is 2.41 bits per heavy atom. The van der Waals surface area contributed by atoms with Crippen LogP contribution < -0.4 is 5.32 Å². The first-order chi connectivity index (χ1) is 8.13. The van der Waals surface area contributed by atoms with Gasteiger partial charge in [0.05, 0.1) is 12.3 Å². The molecule has 90 valence electrons. The van der Waals surface area contributed by atoms with Crippen LogP contribution in [0.15, 0.2) is 34.9 Å². The molecule has 1 N–H and O–H groups in total. The van der Waals surface area contributed by atoms with Gasteiger partial charge in [-0.3, -0.25) is 0 Å². The zero-order valence-electron chi connectivity index (χ0n) is 10.9. The lowest BCUT2D eigenvalue weighted by molar-refractivity contribution is 0.523. The van der Waals surface area contributed by atoms with Crippen LogP contribution in [0.1, 0.15) is 34.1 Å². The second-order valence-electron chi connectivity index (χ2n) is 4.51. The molecule has 17 heavy (non-hydrogen) atoms. The molecular weight excluding hydrogens is 210 g/mol. The highest BCUT2D eigenvalue weighted by atomic mass is 16.3. The third kappa shape index (κ3) is 2.27. The molecule has 2 nitrogen and oxygen atoms in total. The zero-order chi connectivity index (χ0) is 12.4. The minimum atomic E-state index is 0.202. The number of nitrogens with one attached hydrogen (secondary N) is 1. The minimum absolute atomic E-state index is 0.202. The van der Waals surface area contributed by atoms with Gasteiger partial charge in [-0.15, -0.1) is 0 Å². The number of hydrogen-bond acceptors (Lipinski definition) is 2. The van der Waals surface area contributed by atoms with E-state index in [0.717, 1.165) is 5.76 Å². The van der Waals surface area contributed by atoms with E-state index in [1.807, 2.05) is 20.0 Å². The summed E-state index contributed by atoms with van der Waals surface area (Å²) in [6.45, 7) is 6.28. The second-order valence-corrected chi connectivity index (χ2v) is 4.51. The van der Waals surface area contributed by atoms with Crippen molar-refractivity contribution in [1.82, 2.24) is 5.32 Å². The summed E-state index contributed by atoms with van der Waals surface area (Å²) < 4.78 is 5.40. The average molecular weight is 229 g/mol. The predicted octanol–water partition coefficient (Wildman–Crippen LogP) is 3.51. The minimum Gasteiger partial charge on any atom is -0.469 e. The summed E-state index contributed by atoms with van der Waals surface area (Å²) in [5, 5.41) is 3.37. The Kier molecular flexibility index (Phi) is 3.34. The lowest BCUT2D eigenvalue weighted by Gasteiger charge is -2.19. The van der Waals surface area contributed by atoms with Gasteiger partial charge in [0.1, 0.15) is 5.76 Å². The van der Waals surface area contributed by atoms with Gasteiger partial charge in [0.25, 0.3) is 0 Å². The highest BCUT2D eigenvalue weighted by Crippen LogP contribution is 2.28. The predicted molar refractivity (Wildman–Crippen MR) is 70.3 cm³/mol. The molecule has 0 amide bonds. The van der Waals surface area contributed by atoms with E-state index in [1.54, 1.807) is 6.26 Å². The van der Waals surface area contributed by atoms with Crippen molar-refractivity contribution in [2.75, 3.05) is 7.05 Å². The van der Waals surface area contributed by atoms with Crippen LogP contribution in [0.3, 0.4) is 0 Å². The number of benzene rings is 1. The Labute approximate surface area is 103 Å². The summed E-state index contributed by atoms with van der Waals surface area (Å²) >= 11 is 0. The van der Waals surface area contributed by atoms with Gasteiger partial charge < -0.3 is 9.73 Å². The van der Waals surface area contributed by atoms with Crippen molar-refractivity contribution in [3.05, 3.63) is 58.5 Å². The highest BCUT2D eigenvalue weighted by Gasteiger charge is 2.17. The standard InChI is InChI=1S/C15H19NO/c1-10-5-6-11(2)14(9-10)15(16-4)13-7-8-17-12(13)3/h5-9,15-16H,1-4H3. The van der Waals surface area contributed by atoms with Crippen molar-refractivity contribution in [2.24, 2.45) is 0 Å². The third-order valence-corrected chi connectivity index (χ3v) is 3.24. The van der Waals surface area contributed by atoms with Crippen LogP contribution in [-0.4, -0.2) is 7.05 Å². The first kappa shape index (κ1) is 11.9. The van der Waals surface area contributed by atoms with Crippen LogP contribution in [0.25, 0.3) is 0 Å². The Bertz CT molecular complexity index is 513. The Morgan fingerprint density at radius 1 is 1.06 bits per heavy atom. The Morgan fingerprint density at radius 2 is 1.82 bits per heavy atom. The fourth-order valence-electron chi connectivity index (χ4n) is 2.24. The van der Waals surface area contributed by atoms with Crippen LogP contribution in [0.2, 0.25) is 0 Å². The largest absolute Gasteiger partial charge is 0.469 e. The summed E-state index contributed by atoms with van der Waals surface area (Å²) in [5.74, 6) is 0.977. The van der Waals surface area contributed by atoms with Crippen molar-refractivity contribution >= 4 is 0 Å². The van der Waals surface area contributed by atoms with E-state index in [0.29, 0.717) is 0 Å². The molecule has 0 saturated heterocycles. The van der Waals surface area contributed by atoms with Crippen LogP contribution in [-0.2, 0) is 0 Å². The molecule has 0 radical (unpaired) electrons. The van der Waals surface area contributed by atoms with E-state index in [4.69, 9.17) is 4.42 Å². The highest BCUT2D eigenvalue weighted by molar-refractivity contribution is 5.39. The first-order valence-electron chi connectivity index (χ1n) is 5.92. The summed E-state index contributed by atoms with van der Waals surface area (Å²) in [5.41, 5.74) is 5.11. The molecule has 2 rings (SSSR count).